The molecule has 0 aromatic rings. The van der Waals surface area contributed by atoms with E-state index in [-0.39, 0.29) is 16.8 Å². The molecule has 3 aliphatic carbocycles. The van der Waals surface area contributed by atoms with Crippen LogP contribution < -0.4 is 0 Å². The Kier molecular flexibility index (Phi) is 2.91. The van der Waals surface area contributed by atoms with Gasteiger partial charge in [0, 0.05) is 23.3 Å². The van der Waals surface area contributed by atoms with Crippen LogP contribution >= 0.6 is 0 Å². The van der Waals surface area contributed by atoms with E-state index in [0.29, 0.717) is 43.0 Å². The Labute approximate surface area is 130 Å². The fourth-order valence-corrected chi connectivity index (χ4v) is 6.00. The van der Waals surface area contributed by atoms with E-state index in [1.54, 1.807) is 0 Å². The number of esters is 1. The Balaban J connectivity index is 1.74. The molecule has 4 heteroatoms. The van der Waals surface area contributed by atoms with Crippen molar-refractivity contribution in [1.82, 2.24) is 0 Å². The van der Waals surface area contributed by atoms with Crippen LogP contribution in [0.1, 0.15) is 46.0 Å². The lowest BCUT2D eigenvalue weighted by atomic mass is 9.48. The summed E-state index contributed by atoms with van der Waals surface area (Å²) < 4.78 is 5.31. The Morgan fingerprint density at radius 3 is 2.68 bits per heavy atom. The molecule has 1 heterocycles. The number of ether oxygens (including phenoxy) is 1. The highest BCUT2D eigenvalue weighted by Crippen LogP contribution is 2.63. The summed E-state index contributed by atoms with van der Waals surface area (Å²) in [6, 6.07) is 0. The summed E-state index contributed by atoms with van der Waals surface area (Å²) in [7, 11) is 0. The Morgan fingerprint density at radius 2 is 1.91 bits per heavy atom. The van der Waals surface area contributed by atoms with Gasteiger partial charge in [-0.2, -0.15) is 0 Å². The minimum absolute atomic E-state index is 0.191. The summed E-state index contributed by atoms with van der Waals surface area (Å²) in [6.07, 6.45) is 5.20. The van der Waals surface area contributed by atoms with Gasteiger partial charge in [0.25, 0.3) is 0 Å². The molecule has 22 heavy (non-hydrogen) atoms. The molecule has 3 fully saturated rings. The quantitative estimate of drug-likeness (QED) is 0.697. The van der Waals surface area contributed by atoms with Crippen LogP contribution in [0, 0.1) is 28.6 Å². The maximum absolute atomic E-state index is 12.3. The molecule has 4 rings (SSSR count). The van der Waals surface area contributed by atoms with Gasteiger partial charge >= 0.3 is 5.97 Å². The lowest BCUT2D eigenvalue weighted by Crippen LogP contribution is -2.55. The topological polar surface area (TPSA) is 63.6 Å². The van der Waals surface area contributed by atoms with Gasteiger partial charge in [0.05, 0.1) is 6.10 Å². The zero-order valence-corrected chi connectivity index (χ0v) is 13.3. The highest BCUT2D eigenvalue weighted by atomic mass is 16.5. The summed E-state index contributed by atoms with van der Waals surface area (Å²) >= 11 is 0. The molecule has 0 aromatic carbocycles. The highest BCUT2D eigenvalue weighted by Gasteiger charge is 2.61. The van der Waals surface area contributed by atoms with Crippen LogP contribution in [0.2, 0.25) is 0 Å². The third-order valence-corrected chi connectivity index (χ3v) is 7.27. The molecule has 0 spiro atoms. The van der Waals surface area contributed by atoms with Gasteiger partial charge in [0.15, 0.2) is 0 Å². The number of hydrogen-bond acceptors (Lipinski definition) is 4. The largest absolute Gasteiger partial charge is 0.462 e. The summed E-state index contributed by atoms with van der Waals surface area (Å²) in [6.45, 7) is 4.63. The normalized spacial score (nSPS) is 50.6. The van der Waals surface area contributed by atoms with Crippen LogP contribution in [0.3, 0.4) is 0 Å². The SMILES string of the molecule is C[C@]12COC(=O)C=C1[C@@H](O)C[C@@H]1[C@@H]2CC[C@]2(C)C(=O)CC[C@@H]12. The van der Waals surface area contributed by atoms with Gasteiger partial charge in [-0.05, 0) is 49.0 Å². The van der Waals surface area contributed by atoms with E-state index in [1.165, 1.54) is 6.08 Å². The molecule has 4 aliphatic rings. The molecule has 6 atom stereocenters. The van der Waals surface area contributed by atoms with E-state index in [9.17, 15) is 14.7 Å². The number of Topliss-reactive ketones (excluding diaryl/α,β-unsaturated/α-hetero) is 1. The van der Waals surface area contributed by atoms with E-state index < -0.39 is 6.10 Å². The fourth-order valence-electron chi connectivity index (χ4n) is 6.00. The Morgan fingerprint density at radius 1 is 1.18 bits per heavy atom. The van der Waals surface area contributed by atoms with Crippen LogP contribution in [0.15, 0.2) is 11.6 Å². The third-order valence-electron chi connectivity index (χ3n) is 7.27. The molecule has 1 aliphatic heterocycles. The minimum Gasteiger partial charge on any atom is -0.462 e. The monoisotopic (exact) mass is 304 g/mol. The van der Waals surface area contributed by atoms with Gasteiger partial charge in [-0.1, -0.05) is 13.8 Å². The first-order chi connectivity index (χ1) is 10.4. The van der Waals surface area contributed by atoms with Gasteiger partial charge in [-0.25, -0.2) is 4.79 Å². The number of cyclic esters (lactones) is 1. The summed E-state index contributed by atoms with van der Waals surface area (Å²) in [5.41, 5.74) is 0.408. The number of hydrogen-bond donors (Lipinski definition) is 1. The fraction of sp³-hybridized carbons (Fsp3) is 0.778. The number of carbonyl (C=O) groups is 2. The van der Waals surface area contributed by atoms with Crippen LogP contribution in [-0.4, -0.2) is 29.6 Å². The number of ketones is 1. The second-order valence-electron chi connectivity index (χ2n) is 8.17. The maximum atomic E-state index is 12.3. The number of fused-ring (bicyclic) bond motifs is 5. The second-order valence-corrected chi connectivity index (χ2v) is 8.17. The summed E-state index contributed by atoms with van der Waals surface area (Å²) in [4.78, 5) is 23.9. The molecule has 1 N–H and O–H groups in total. The first-order valence-electron chi connectivity index (χ1n) is 8.46. The second kappa shape index (κ2) is 4.44. The van der Waals surface area contributed by atoms with Gasteiger partial charge < -0.3 is 9.84 Å². The van der Waals surface area contributed by atoms with Crippen molar-refractivity contribution >= 4 is 11.8 Å². The van der Waals surface area contributed by atoms with Crippen molar-refractivity contribution in [3.8, 4) is 0 Å². The van der Waals surface area contributed by atoms with Crippen molar-refractivity contribution in [3.05, 3.63) is 11.6 Å². The number of rotatable bonds is 0. The van der Waals surface area contributed by atoms with Gasteiger partial charge in [-0.15, -0.1) is 0 Å². The van der Waals surface area contributed by atoms with Crippen molar-refractivity contribution in [2.45, 2.75) is 52.1 Å². The minimum atomic E-state index is -0.572. The molecule has 3 saturated carbocycles. The van der Waals surface area contributed by atoms with Crippen LogP contribution in [0.25, 0.3) is 0 Å². The summed E-state index contributed by atoms with van der Waals surface area (Å²) in [5.74, 6) is 1.22. The van der Waals surface area contributed by atoms with Crippen molar-refractivity contribution in [1.29, 1.82) is 0 Å². The number of carbonyl (C=O) groups excluding carboxylic acids is 2. The zero-order valence-electron chi connectivity index (χ0n) is 13.3. The molecular weight excluding hydrogens is 280 g/mol. The highest BCUT2D eigenvalue weighted by molar-refractivity contribution is 5.87. The van der Waals surface area contributed by atoms with Crippen molar-refractivity contribution in [2.24, 2.45) is 28.6 Å². The predicted octanol–water partition coefficient (Wildman–Crippen LogP) is 2.25. The van der Waals surface area contributed by atoms with E-state index in [0.717, 1.165) is 24.8 Å². The predicted molar refractivity (Wildman–Crippen MR) is 79.8 cm³/mol. The van der Waals surface area contributed by atoms with Crippen molar-refractivity contribution in [2.75, 3.05) is 6.61 Å². The first-order valence-corrected chi connectivity index (χ1v) is 8.46. The Bertz CT molecular complexity index is 580. The van der Waals surface area contributed by atoms with Gasteiger partial charge in [0.2, 0.25) is 0 Å². The average molecular weight is 304 g/mol. The lowest BCUT2D eigenvalue weighted by Gasteiger charge is -2.57. The number of aliphatic hydroxyl groups excluding tert-OH is 1. The van der Waals surface area contributed by atoms with Crippen LogP contribution in [-0.2, 0) is 14.3 Å². The molecule has 0 bridgehead atoms. The Hall–Kier alpha value is -1.16. The molecule has 4 nitrogen and oxygen atoms in total. The molecule has 0 saturated heterocycles. The molecule has 0 aromatic heterocycles. The van der Waals surface area contributed by atoms with Gasteiger partial charge in [-0.3, -0.25) is 4.79 Å². The summed E-state index contributed by atoms with van der Waals surface area (Å²) in [5, 5.41) is 10.6. The van der Waals surface area contributed by atoms with E-state index >= 15 is 0 Å². The average Bonchev–Trinajstić information content (AvgIpc) is 2.77. The van der Waals surface area contributed by atoms with Crippen molar-refractivity contribution < 1.29 is 19.4 Å². The van der Waals surface area contributed by atoms with Crippen molar-refractivity contribution in [3.63, 3.8) is 0 Å². The third kappa shape index (κ3) is 1.67. The first kappa shape index (κ1) is 14.4. The molecular formula is C18H24O4. The zero-order chi connectivity index (χ0) is 15.7. The van der Waals surface area contributed by atoms with Crippen LogP contribution in [0.5, 0.6) is 0 Å². The smallest absolute Gasteiger partial charge is 0.330 e. The van der Waals surface area contributed by atoms with E-state index in [2.05, 4.69) is 13.8 Å². The van der Waals surface area contributed by atoms with E-state index in [1.807, 2.05) is 0 Å². The van der Waals surface area contributed by atoms with E-state index in [4.69, 9.17) is 4.74 Å². The molecule has 0 unspecified atom stereocenters. The maximum Gasteiger partial charge on any atom is 0.330 e. The molecule has 0 amide bonds. The molecule has 0 radical (unpaired) electrons. The van der Waals surface area contributed by atoms with Crippen LogP contribution in [0.4, 0.5) is 0 Å². The number of aliphatic hydroxyl groups is 1. The lowest BCUT2D eigenvalue weighted by molar-refractivity contribution is -0.152. The van der Waals surface area contributed by atoms with Gasteiger partial charge in [0.1, 0.15) is 12.4 Å². The standard InChI is InChI=1S/C18H24O4/c1-17-6-5-12-10(11(17)3-4-15(17)20)7-14(19)13-8-16(21)22-9-18(12,13)2/h8,10-12,14,19H,3-7,9H2,1-2H3/t10-,11-,12-,14-,17-,18+/m0/s1. The molecule has 120 valence electrons.